The number of hydrogen-bond acceptors (Lipinski definition) is 5. The van der Waals surface area contributed by atoms with Crippen LogP contribution < -0.4 is 0 Å². The van der Waals surface area contributed by atoms with Gasteiger partial charge in [-0.2, -0.15) is 8.78 Å². The van der Waals surface area contributed by atoms with Crippen LogP contribution in [-0.2, 0) is 23.9 Å². The number of carbonyl (C=O) groups excluding carboxylic acids is 2. The van der Waals surface area contributed by atoms with Gasteiger partial charge in [0.25, 0.3) is 0 Å². The monoisotopic (exact) mass is 330 g/mol. The third kappa shape index (κ3) is 4.48. The number of aliphatic carboxylic acids is 1. The first kappa shape index (κ1) is 18.5. The van der Waals surface area contributed by atoms with Crippen molar-refractivity contribution in [2.75, 3.05) is 0 Å². The fourth-order valence-corrected chi connectivity index (χ4v) is 1.74. The van der Waals surface area contributed by atoms with Gasteiger partial charge in [-0.1, -0.05) is 30.3 Å². The zero-order valence-electron chi connectivity index (χ0n) is 12.7. The molecule has 1 aromatic carbocycles. The van der Waals surface area contributed by atoms with Crippen LogP contribution in [0, 0.1) is 0 Å². The number of esters is 2. The summed E-state index contributed by atoms with van der Waals surface area (Å²) in [6.45, 7) is 3.34. The van der Waals surface area contributed by atoms with Crippen molar-refractivity contribution in [2.45, 2.75) is 38.4 Å². The minimum atomic E-state index is -4.36. The van der Waals surface area contributed by atoms with Gasteiger partial charge in [-0.15, -0.1) is 0 Å². The van der Waals surface area contributed by atoms with Gasteiger partial charge in [-0.05, 0) is 19.4 Å². The number of halogens is 2. The van der Waals surface area contributed by atoms with Crippen LogP contribution in [0.2, 0.25) is 0 Å². The van der Waals surface area contributed by atoms with E-state index in [1.54, 1.807) is 0 Å². The summed E-state index contributed by atoms with van der Waals surface area (Å²) in [4.78, 5) is 33.8. The molecule has 0 aliphatic heterocycles. The van der Waals surface area contributed by atoms with Gasteiger partial charge in [0.15, 0.2) is 0 Å². The molecule has 0 aliphatic carbocycles. The van der Waals surface area contributed by atoms with Crippen LogP contribution in [-0.4, -0.2) is 34.5 Å². The molecule has 0 fully saturated rings. The third-order valence-electron chi connectivity index (χ3n) is 2.83. The first-order valence-corrected chi connectivity index (χ1v) is 6.55. The van der Waals surface area contributed by atoms with E-state index < -0.39 is 35.5 Å². The van der Waals surface area contributed by atoms with Crippen molar-refractivity contribution in [3.8, 4) is 0 Å². The molecule has 126 valence electrons. The largest absolute Gasteiger partial charge is 0.477 e. The van der Waals surface area contributed by atoms with E-state index in [4.69, 9.17) is 9.84 Å². The molecule has 1 rings (SSSR count). The van der Waals surface area contributed by atoms with E-state index in [2.05, 4.69) is 4.74 Å². The molecule has 23 heavy (non-hydrogen) atoms. The molecule has 0 spiro atoms. The first-order valence-electron chi connectivity index (χ1n) is 6.55. The van der Waals surface area contributed by atoms with Crippen molar-refractivity contribution < 1.29 is 37.7 Å². The van der Waals surface area contributed by atoms with Crippen LogP contribution in [0.1, 0.15) is 32.4 Å². The highest BCUT2D eigenvalue weighted by Crippen LogP contribution is 2.36. The van der Waals surface area contributed by atoms with Crippen LogP contribution in [0.5, 0.6) is 0 Å². The lowest BCUT2D eigenvalue weighted by Crippen LogP contribution is -2.44. The highest BCUT2D eigenvalue weighted by molar-refractivity contribution is 5.83. The van der Waals surface area contributed by atoms with Gasteiger partial charge in [0, 0.05) is 6.92 Å². The van der Waals surface area contributed by atoms with E-state index in [0.717, 1.165) is 20.8 Å². The molecule has 8 heteroatoms. The Morgan fingerprint density at radius 3 is 2.09 bits per heavy atom. The smallest absolute Gasteiger partial charge is 0.382 e. The second-order valence-corrected chi connectivity index (χ2v) is 5.23. The van der Waals surface area contributed by atoms with Crippen molar-refractivity contribution in [1.29, 1.82) is 0 Å². The maximum absolute atomic E-state index is 13.9. The van der Waals surface area contributed by atoms with Crippen molar-refractivity contribution in [3.05, 3.63) is 35.9 Å². The zero-order chi connectivity index (χ0) is 17.8. The fraction of sp³-hybridized carbons (Fsp3) is 0.400. The van der Waals surface area contributed by atoms with Gasteiger partial charge < -0.3 is 14.6 Å². The van der Waals surface area contributed by atoms with Crippen LogP contribution in [0.25, 0.3) is 0 Å². The molecule has 0 saturated carbocycles. The first-order chi connectivity index (χ1) is 10.5. The number of carboxylic acid groups (broad SMARTS) is 1. The second kappa shape index (κ2) is 6.72. The van der Waals surface area contributed by atoms with Gasteiger partial charge in [0.1, 0.15) is 0 Å². The van der Waals surface area contributed by atoms with Crippen molar-refractivity contribution in [3.63, 3.8) is 0 Å². The van der Waals surface area contributed by atoms with Gasteiger partial charge >= 0.3 is 23.8 Å². The number of carbonyl (C=O) groups is 3. The summed E-state index contributed by atoms with van der Waals surface area (Å²) in [5, 5.41) is 8.71. The average Bonchev–Trinajstić information content (AvgIpc) is 2.43. The van der Waals surface area contributed by atoms with Crippen molar-refractivity contribution >= 4 is 17.9 Å². The number of benzene rings is 1. The Balaban J connectivity index is 3.15. The maximum atomic E-state index is 13.9. The fourth-order valence-electron chi connectivity index (χ4n) is 1.74. The minimum Gasteiger partial charge on any atom is -0.477 e. The van der Waals surface area contributed by atoms with Crippen LogP contribution in [0.15, 0.2) is 30.3 Å². The van der Waals surface area contributed by atoms with Crippen LogP contribution in [0.4, 0.5) is 8.78 Å². The number of ether oxygens (including phenoxy) is 2. The Morgan fingerprint density at radius 2 is 1.65 bits per heavy atom. The van der Waals surface area contributed by atoms with E-state index in [-0.39, 0.29) is 5.56 Å². The minimum absolute atomic E-state index is 0.202. The van der Waals surface area contributed by atoms with Gasteiger partial charge in [0.05, 0.1) is 0 Å². The van der Waals surface area contributed by atoms with E-state index in [0.29, 0.717) is 0 Å². The molecule has 0 aromatic heterocycles. The zero-order valence-corrected chi connectivity index (χ0v) is 12.7. The summed E-state index contributed by atoms with van der Waals surface area (Å²) in [5.74, 6) is -8.90. The molecule has 0 saturated heterocycles. The Hall–Kier alpha value is -2.51. The Kier molecular flexibility index (Phi) is 5.42. The van der Waals surface area contributed by atoms with Crippen molar-refractivity contribution in [2.24, 2.45) is 0 Å². The summed E-state index contributed by atoms with van der Waals surface area (Å²) < 4.78 is 37.2. The predicted molar refractivity (Wildman–Crippen MR) is 73.7 cm³/mol. The lowest BCUT2D eigenvalue weighted by molar-refractivity contribution is -0.206. The Morgan fingerprint density at radius 1 is 1.13 bits per heavy atom. The summed E-state index contributed by atoms with van der Waals surface area (Å²) >= 11 is 0. The molecule has 6 nitrogen and oxygen atoms in total. The SMILES string of the molecule is CC(=O)OC(C)(C)C(=O)OC(c1ccccc1)C(F)(F)C(=O)O. The quantitative estimate of drug-likeness (QED) is 0.805. The summed E-state index contributed by atoms with van der Waals surface area (Å²) in [7, 11) is 0. The number of rotatable bonds is 6. The summed E-state index contributed by atoms with van der Waals surface area (Å²) in [6.07, 6.45) is -2.36. The van der Waals surface area contributed by atoms with Crippen LogP contribution in [0.3, 0.4) is 0 Å². The van der Waals surface area contributed by atoms with Gasteiger partial charge in [-0.25, -0.2) is 9.59 Å². The summed E-state index contributed by atoms with van der Waals surface area (Å²) in [5.41, 5.74) is -2.04. The molecule has 1 atom stereocenters. The highest BCUT2D eigenvalue weighted by Gasteiger charge is 2.52. The van der Waals surface area contributed by atoms with Gasteiger partial charge in [0.2, 0.25) is 11.7 Å². The number of hydrogen-bond donors (Lipinski definition) is 1. The number of carboxylic acids is 1. The molecule has 0 bridgehead atoms. The molecule has 1 aromatic rings. The average molecular weight is 330 g/mol. The summed E-state index contributed by atoms with van der Waals surface area (Å²) in [6, 6.07) is 6.72. The van der Waals surface area contributed by atoms with E-state index in [1.165, 1.54) is 30.3 Å². The molecule has 1 N–H and O–H groups in total. The van der Waals surface area contributed by atoms with E-state index in [1.807, 2.05) is 0 Å². The normalized spacial score (nSPS) is 13.1. The number of alkyl halides is 2. The van der Waals surface area contributed by atoms with Crippen molar-refractivity contribution in [1.82, 2.24) is 0 Å². The molecular weight excluding hydrogens is 314 g/mol. The van der Waals surface area contributed by atoms with Crippen LogP contribution >= 0.6 is 0 Å². The highest BCUT2D eigenvalue weighted by atomic mass is 19.3. The Labute approximate surface area is 131 Å². The molecule has 1 unspecified atom stereocenters. The van der Waals surface area contributed by atoms with E-state index >= 15 is 0 Å². The molecule has 0 heterocycles. The van der Waals surface area contributed by atoms with E-state index in [9.17, 15) is 23.2 Å². The molecule has 0 radical (unpaired) electrons. The lowest BCUT2D eigenvalue weighted by atomic mass is 10.0. The predicted octanol–water partition coefficient (Wildman–Crippen LogP) is 2.33. The second-order valence-electron chi connectivity index (χ2n) is 5.23. The third-order valence-corrected chi connectivity index (χ3v) is 2.83. The maximum Gasteiger partial charge on any atom is 0.382 e. The standard InChI is InChI=1S/C15H16F2O6/c1-9(18)23-14(2,3)13(21)22-11(15(16,17)12(19)20)10-7-5-4-6-8-10/h4-8,11H,1-3H3,(H,19,20). The van der Waals surface area contributed by atoms with Gasteiger partial charge in [-0.3, -0.25) is 4.79 Å². The Bertz CT molecular complexity index is 597. The topological polar surface area (TPSA) is 89.9 Å². The molecular formula is C15H16F2O6. The lowest BCUT2D eigenvalue weighted by Gasteiger charge is -2.28. The molecule has 0 aliphatic rings. The molecule has 0 amide bonds.